The van der Waals surface area contributed by atoms with Gasteiger partial charge in [-0.15, -0.1) is 0 Å². The maximum absolute atomic E-state index is 12.3. The molecule has 1 aliphatic rings. The lowest BCUT2D eigenvalue weighted by molar-refractivity contribution is -0.124. The van der Waals surface area contributed by atoms with Crippen molar-refractivity contribution in [2.24, 2.45) is 0 Å². The van der Waals surface area contributed by atoms with Crippen LogP contribution in [-0.4, -0.2) is 29.7 Å². The highest BCUT2D eigenvalue weighted by molar-refractivity contribution is 5.98. The van der Waals surface area contributed by atoms with E-state index in [-0.39, 0.29) is 11.5 Å². The first kappa shape index (κ1) is 17.0. The Hall–Kier alpha value is -2.86. The second-order valence-corrected chi connectivity index (χ2v) is 5.94. The van der Waals surface area contributed by atoms with Crippen LogP contribution in [0.3, 0.4) is 0 Å². The summed E-state index contributed by atoms with van der Waals surface area (Å²) in [4.78, 5) is 23.6. The summed E-state index contributed by atoms with van der Waals surface area (Å²) in [6.45, 7) is 2.36. The molecule has 0 radical (unpaired) electrons. The number of carboxylic acids is 1. The molecule has 3 rings (SSSR count). The average molecular weight is 340 g/mol. The fourth-order valence-corrected chi connectivity index (χ4v) is 2.85. The van der Waals surface area contributed by atoms with Gasteiger partial charge in [0.15, 0.2) is 0 Å². The van der Waals surface area contributed by atoms with E-state index in [4.69, 9.17) is 4.74 Å². The summed E-state index contributed by atoms with van der Waals surface area (Å²) in [5, 5.41) is 15.4. The maximum atomic E-state index is 12.3. The molecule has 6 nitrogen and oxygen atoms in total. The van der Waals surface area contributed by atoms with Gasteiger partial charge in [0.25, 0.3) is 5.91 Å². The molecular formula is C19H20N2O4. The molecule has 130 valence electrons. The Morgan fingerprint density at radius 2 is 1.80 bits per heavy atom. The van der Waals surface area contributed by atoms with Crippen molar-refractivity contribution < 1.29 is 19.4 Å². The van der Waals surface area contributed by atoms with Gasteiger partial charge in [-0.2, -0.15) is 0 Å². The van der Waals surface area contributed by atoms with Gasteiger partial charge in [-0.05, 0) is 49.6 Å². The number of carboxylic acid groups (broad SMARTS) is 1. The molecule has 0 aliphatic carbocycles. The molecular weight excluding hydrogens is 320 g/mol. The Bertz CT molecular complexity index is 798. The number of hydrogen-bond acceptors (Lipinski definition) is 4. The zero-order valence-corrected chi connectivity index (χ0v) is 13.9. The molecule has 1 fully saturated rings. The third kappa shape index (κ3) is 3.80. The number of aromatic carboxylic acids is 1. The SMILES string of the molecule is Cc1c(Nc2ccccc2NC(=O)[C@@H]2CCCO2)cccc1C(=O)O. The van der Waals surface area contributed by atoms with E-state index in [1.54, 1.807) is 31.2 Å². The van der Waals surface area contributed by atoms with Crippen LogP contribution in [0.5, 0.6) is 0 Å². The summed E-state index contributed by atoms with van der Waals surface area (Å²) in [7, 11) is 0. The zero-order chi connectivity index (χ0) is 17.8. The van der Waals surface area contributed by atoms with Crippen molar-refractivity contribution in [3.63, 3.8) is 0 Å². The summed E-state index contributed by atoms with van der Waals surface area (Å²) in [5.74, 6) is -1.14. The van der Waals surface area contributed by atoms with Crippen LogP contribution in [0.15, 0.2) is 42.5 Å². The molecule has 3 N–H and O–H groups in total. The summed E-state index contributed by atoms with van der Waals surface area (Å²) < 4.78 is 5.41. The lowest BCUT2D eigenvalue weighted by Gasteiger charge is -2.17. The third-order valence-corrected chi connectivity index (χ3v) is 4.24. The summed E-state index contributed by atoms with van der Waals surface area (Å²) in [6.07, 6.45) is 1.20. The first-order valence-corrected chi connectivity index (χ1v) is 8.17. The van der Waals surface area contributed by atoms with Gasteiger partial charge in [-0.25, -0.2) is 4.79 Å². The van der Waals surface area contributed by atoms with E-state index in [9.17, 15) is 14.7 Å². The molecule has 2 aromatic rings. The summed E-state index contributed by atoms with van der Waals surface area (Å²) in [5.41, 5.74) is 2.88. The molecule has 1 atom stereocenters. The van der Waals surface area contributed by atoms with Crippen molar-refractivity contribution in [3.8, 4) is 0 Å². The fourth-order valence-electron chi connectivity index (χ4n) is 2.85. The van der Waals surface area contributed by atoms with Crippen LogP contribution in [0.1, 0.15) is 28.8 Å². The smallest absolute Gasteiger partial charge is 0.336 e. The number of rotatable bonds is 5. The second kappa shape index (κ2) is 7.36. The Morgan fingerprint density at radius 1 is 1.08 bits per heavy atom. The predicted octanol–water partition coefficient (Wildman–Crippen LogP) is 3.55. The van der Waals surface area contributed by atoms with Crippen molar-refractivity contribution in [1.29, 1.82) is 0 Å². The van der Waals surface area contributed by atoms with E-state index < -0.39 is 12.1 Å². The van der Waals surface area contributed by atoms with Crippen LogP contribution in [0.4, 0.5) is 17.1 Å². The molecule has 25 heavy (non-hydrogen) atoms. The van der Waals surface area contributed by atoms with Gasteiger partial charge in [0, 0.05) is 12.3 Å². The maximum Gasteiger partial charge on any atom is 0.336 e. The quantitative estimate of drug-likeness (QED) is 0.775. The molecule has 1 saturated heterocycles. The van der Waals surface area contributed by atoms with Crippen LogP contribution in [0.2, 0.25) is 0 Å². The highest BCUT2D eigenvalue weighted by Gasteiger charge is 2.24. The first-order chi connectivity index (χ1) is 12.1. The van der Waals surface area contributed by atoms with Gasteiger partial charge < -0.3 is 20.5 Å². The number of anilines is 3. The number of ether oxygens (including phenoxy) is 1. The summed E-state index contributed by atoms with van der Waals surface area (Å²) >= 11 is 0. The van der Waals surface area contributed by atoms with Gasteiger partial charge in [-0.3, -0.25) is 4.79 Å². The fraction of sp³-hybridized carbons (Fsp3) is 0.263. The van der Waals surface area contributed by atoms with Gasteiger partial charge in [-0.1, -0.05) is 18.2 Å². The first-order valence-electron chi connectivity index (χ1n) is 8.17. The van der Waals surface area contributed by atoms with Crippen molar-refractivity contribution in [2.45, 2.75) is 25.9 Å². The van der Waals surface area contributed by atoms with Crippen LogP contribution in [0.25, 0.3) is 0 Å². The Balaban J connectivity index is 1.83. The van der Waals surface area contributed by atoms with Crippen molar-refractivity contribution in [1.82, 2.24) is 0 Å². The molecule has 1 amide bonds. The molecule has 0 bridgehead atoms. The highest BCUT2D eigenvalue weighted by atomic mass is 16.5. The van der Waals surface area contributed by atoms with Gasteiger partial charge >= 0.3 is 5.97 Å². The van der Waals surface area contributed by atoms with Gasteiger partial charge in [0.05, 0.1) is 16.9 Å². The van der Waals surface area contributed by atoms with E-state index in [0.29, 0.717) is 29.2 Å². The monoisotopic (exact) mass is 340 g/mol. The van der Waals surface area contributed by atoms with Crippen molar-refractivity contribution in [2.75, 3.05) is 17.2 Å². The minimum Gasteiger partial charge on any atom is -0.478 e. The predicted molar refractivity (Wildman–Crippen MR) is 95.5 cm³/mol. The van der Waals surface area contributed by atoms with Crippen molar-refractivity contribution >= 4 is 28.9 Å². The average Bonchev–Trinajstić information content (AvgIpc) is 3.13. The summed E-state index contributed by atoms with van der Waals surface area (Å²) in [6, 6.07) is 12.4. The normalized spacial score (nSPS) is 16.4. The number of amides is 1. The van der Waals surface area contributed by atoms with Crippen LogP contribution < -0.4 is 10.6 Å². The van der Waals surface area contributed by atoms with Gasteiger partial charge in [0.2, 0.25) is 0 Å². The molecule has 0 aromatic heterocycles. The van der Waals surface area contributed by atoms with E-state index in [1.165, 1.54) is 0 Å². The second-order valence-electron chi connectivity index (χ2n) is 5.94. The van der Waals surface area contributed by atoms with Gasteiger partial charge in [0.1, 0.15) is 6.10 Å². The zero-order valence-electron chi connectivity index (χ0n) is 13.9. The minimum atomic E-state index is -0.971. The minimum absolute atomic E-state index is 0.164. The van der Waals surface area contributed by atoms with Crippen molar-refractivity contribution in [3.05, 3.63) is 53.6 Å². The molecule has 2 aromatic carbocycles. The molecule has 6 heteroatoms. The molecule has 0 unspecified atom stereocenters. The van der Waals surface area contributed by atoms with E-state index in [1.807, 2.05) is 18.2 Å². The molecule has 0 saturated carbocycles. The molecule has 1 aliphatic heterocycles. The standard InChI is InChI=1S/C19H20N2O4/c1-12-13(19(23)24)6-4-9-14(12)20-15-7-2-3-8-16(15)21-18(22)17-10-5-11-25-17/h2-4,6-9,17,20H,5,10-11H2,1H3,(H,21,22)(H,23,24)/t17-/m0/s1. The number of para-hydroxylation sites is 2. The largest absolute Gasteiger partial charge is 0.478 e. The topological polar surface area (TPSA) is 87.7 Å². The Labute approximate surface area is 145 Å². The highest BCUT2D eigenvalue weighted by Crippen LogP contribution is 2.29. The Kier molecular flexibility index (Phi) is 5.00. The van der Waals surface area contributed by atoms with Crippen LogP contribution >= 0.6 is 0 Å². The number of carbonyl (C=O) groups excluding carboxylic acids is 1. The Morgan fingerprint density at radius 3 is 2.48 bits per heavy atom. The van der Waals surface area contributed by atoms with Crippen LogP contribution in [0, 0.1) is 6.92 Å². The lowest BCUT2D eigenvalue weighted by Crippen LogP contribution is -2.27. The van der Waals surface area contributed by atoms with E-state index in [0.717, 1.165) is 12.8 Å². The number of carbonyl (C=O) groups is 2. The van der Waals surface area contributed by atoms with E-state index in [2.05, 4.69) is 10.6 Å². The third-order valence-electron chi connectivity index (χ3n) is 4.24. The number of nitrogens with one attached hydrogen (secondary N) is 2. The van der Waals surface area contributed by atoms with E-state index >= 15 is 0 Å². The number of hydrogen-bond donors (Lipinski definition) is 3. The number of benzene rings is 2. The molecule has 0 spiro atoms. The van der Waals surface area contributed by atoms with Crippen LogP contribution in [-0.2, 0) is 9.53 Å². The lowest BCUT2D eigenvalue weighted by atomic mass is 10.1. The molecule has 1 heterocycles.